The molecule has 5 nitrogen and oxygen atoms in total. The van der Waals surface area contributed by atoms with E-state index in [0.29, 0.717) is 31.6 Å². The van der Waals surface area contributed by atoms with E-state index in [9.17, 15) is 22.8 Å². The topological polar surface area (TPSA) is 49.9 Å². The Morgan fingerprint density at radius 1 is 1.25 bits per heavy atom. The number of alkyl halides is 3. The van der Waals surface area contributed by atoms with E-state index in [-0.39, 0.29) is 37.3 Å². The zero-order valence-corrected chi connectivity index (χ0v) is 15.9. The van der Waals surface area contributed by atoms with Crippen LogP contribution in [0.5, 0.6) is 5.75 Å². The summed E-state index contributed by atoms with van der Waals surface area (Å²) in [7, 11) is 1.61. The summed E-state index contributed by atoms with van der Waals surface area (Å²) in [4.78, 5) is 27.5. The van der Waals surface area contributed by atoms with Gasteiger partial charge in [-0.2, -0.15) is 13.2 Å². The lowest BCUT2D eigenvalue weighted by Gasteiger charge is -2.35. The summed E-state index contributed by atoms with van der Waals surface area (Å²) in [6.07, 6.45) is -2.00. The molecule has 0 aromatic heterocycles. The molecule has 1 aliphatic carbocycles. The number of carbonyl (C=O) groups excluding carboxylic acids is 2. The molecule has 0 atom stereocenters. The number of anilines is 1. The maximum absolute atomic E-state index is 12.8. The van der Waals surface area contributed by atoms with E-state index in [2.05, 4.69) is 0 Å². The number of hydrogen-bond acceptors (Lipinski definition) is 3. The normalized spacial score (nSPS) is 23.0. The quantitative estimate of drug-likeness (QED) is 0.759. The summed E-state index contributed by atoms with van der Waals surface area (Å²) < 4.78 is 43.9. The van der Waals surface area contributed by atoms with E-state index < -0.39 is 12.1 Å². The fraction of sp³-hybridized carbons (Fsp3) is 0.600. The second-order valence-corrected chi connectivity index (χ2v) is 7.49. The predicted octanol–water partition coefficient (Wildman–Crippen LogP) is 3.77. The first-order valence-corrected chi connectivity index (χ1v) is 9.61. The van der Waals surface area contributed by atoms with E-state index in [4.69, 9.17) is 4.74 Å². The van der Waals surface area contributed by atoms with Crippen LogP contribution in [0, 0.1) is 5.92 Å². The maximum atomic E-state index is 12.8. The molecule has 1 heterocycles. The average molecular weight is 398 g/mol. The fourth-order valence-electron chi connectivity index (χ4n) is 3.90. The third kappa shape index (κ3) is 4.77. The number of amides is 2. The highest BCUT2D eigenvalue weighted by Gasteiger charge is 2.42. The standard InChI is InChI=1S/C20H25F3N2O3/c1-24(15-9-7-14(8-10-15)20(21,22)23)19(27)13-28-17-5-2-4-16(12-17)25-11-3-6-18(25)26/h2,4-5,12,14-15H,3,6-11,13H2,1H3. The van der Waals surface area contributed by atoms with Crippen LogP contribution in [0.3, 0.4) is 0 Å². The Bertz CT molecular complexity index is 715. The van der Waals surface area contributed by atoms with Crippen LogP contribution in [0.15, 0.2) is 24.3 Å². The largest absolute Gasteiger partial charge is 0.484 e. The second kappa shape index (κ2) is 8.41. The number of hydrogen-bond donors (Lipinski definition) is 0. The van der Waals surface area contributed by atoms with Gasteiger partial charge in [-0.25, -0.2) is 0 Å². The van der Waals surface area contributed by atoms with Gasteiger partial charge in [0.15, 0.2) is 6.61 Å². The number of ether oxygens (including phenoxy) is 1. The highest BCUT2D eigenvalue weighted by molar-refractivity contribution is 5.95. The van der Waals surface area contributed by atoms with Gasteiger partial charge in [-0.3, -0.25) is 9.59 Å². The van der Waals surface area contributed by atoms with Gasteiger partial charge in [0.25, 0.3) is 5.91 Å². The molecular weight excluding hydrogens is 373 g/mol. The third-order valence-electron chi connectivity index (χ3n) is 5.67. The smallest absolute Gasteiger partial charge is 0.391 e. The number of nitrogens with zero attached hydrogens (tertiary/aromatic N) is 2. The van der Waals surface area contributed by atoms with Gasteiger partial charge in [0.05, 0.1) is 5.92 Å². The molecule has 2 fully saturated rings. The predicted molar refractivity (Wildman–Crippen MR) is 98.1 cm³/mol. The van der Waals surface area contributed by atoms with Gasteiger partial charge in [0.2, 0.25) is 5.91 Å². The van der Waals surface area contributed by atoms with Crippen molar-refractivity contribution in [1.82, 2.24) is 4.90 Å². The summed E-state index contributed by atoms with van der Waals surface area (Å²) in [5, 5.41) is 0. The zero-order chi connectivity index (χ0) is 20.3. The van der Waals surface area contributed by atoms with Crippen molar-refractivity contribution in [3.63, 3.8) is 0 Å². The summed E-state index contributed by atoms with van der Waals surface area (Å²) in [6, 6.07) is 6.84. The Labute approximate surface area is 162 Å². The molecule has 2 aliphatic rings. The van der Waals surface area contributed by atoms with Gasteiger partial charge in [0.1, 0.15) is 5.75 Å². The summed E-state index contributed by atoms with van der Waals surface area (Å²) >= 11 is 0. The van der Waals surface area contributed by atoms with E-state index in [1.165, 1.54) is 4.90 Å². The molecule has 1 saturated carbocycles. The van der Waals surface area contributed by atoms with E-state index >= 15 is 0 Å². The summed E-state index contributed by atoms with van der Waals surface area (Å²) in [5.41, 5.74) is 0.742. The molecule has 0 N–H and O–H groups in total. The molecule has 0 bridgehead atoms. The monoisotopic (exact) mass is 398 g/mol. The van der Waals surface area contributed by atoms with Gasteiger partial charge in [-0.1, -0.05) is 6.07 Å². The lowest BCUT2D eigenvalue weighted by Crippen LogP contribution is -2.43. The van der Waals surface area contributed by atoms with E-state index in [1.54, 1.807) is 30.1 Å². The molecule has 2 amide bonds. The average Bonchev–Trinajstić information content (AvgIpc) is 3.11. The van der Waals surface area contributed by atoms with Crippen LogP contribution in [0.1, 0.15) is 38.5 Å². The van der Waals surface area contributed by atoms with Crippen molar-refractivity contribution in [3.8, 4) is 5.75 Å². The highest BCUT2D eigenvalue weighted by atomic mass is 19.4. The first kappa shape index (κ1) is 20.5. The Balaban J connectivity index is 1.51. The van der Waals surface area contributed by atoms with Crippen LogP contribution < -0.4 is 9.64 Å². The lowest BCUT2D eigenvalue weighted by molar-refractivity contribution is -0.184. The first-order valence-electron chi connectivity index (χ1n) is 9.61. The molecule has 0 unspecified atom stereocenters. The molecular formula is C20H25F3N2O3. The molecule has 0 radical (unpaired) electrons. The lowest BCUT2D eigenvalue weighted by atomic mass is 9.85. The van der Waals surface area contributed by atoms with Crippen molar-refractivity contribution >= 4 is 17.5 Å². The highest BCUT2D eigenvalue weighted by Crippen LogP contribution is 2.38. The van der Waals surface area contributed by atoms with Crippen LogP contribution in [-0.4, -0.2) is 49.1 Å². The van der Waals surface area contributed by atoms with Gasteiger partial charge in [-0.05, 0) is 44.2 Å². The number of carbonyl (C=O) groups is 2. The Morgan fingerprint density at radius 2 is 1.96 bits per heavy atom. The number of rotatable bonds is 5. The molecule has 3 rings (SSSR count). The molecule has 0 spiro atoms. The van der Waals surface area contributed by atoms with Crippen LogP contribution in [0.2, 0.25) is 0 Å². The van der Waals surface area contributed by atoms with Crippen LogP contribution in [-0.2, 0) is 9.59 Å². The minimum absolute atomic E-state index is 0.0541. The Morgan fingerprint density at radius 3 is 2.57 bits per heavy atom. The SMILES string of the molecule is CN(C(=O)COc1cccc(N2CCCC2=O)c1)C1CCC(C(F)(F)F)CC1. The third-order valence-corrected chi connectivity index (χ3v) is 5.67. The van der Waals surface area contributed by atoms with Crippen molar-refractivity contribution in [2.75, 3.05) is 25.1 Å². The second-order valence-electron chi connectivity index (χ2n) is 7.49. The molecule has 1 saturated heterocycles. The number of benzene rings is 1. The molecule has 28 heavy (non-hydrogen) atoms. The van der Waals surface area contributed by atoms with E-state index in [0.717, 1.165) is 12.1 Å². The van der Waals surface area contributed by atoms with Crippen molar-refractivity contribution in [2.24, 2.45) is 5.92 Å². The van der Waals surface area contributed by atoms with Crippen LogP contribution >= 0.6 is 0 Å². The number of likely N-dealkylation sites (N-methyl/N-ethyl adjacent to an activating group) is 1. The minimum atomic E-state index is -4.15. The maximum Gasteiger partial charge on any atom is 0.391 e. The van der Waals surface area contributed by atoms with Crippen molar-refractivity contribution in [1.29, 1.82) is 0 Å². The van der Waals surface area contributed by atoms with Crippen LogP contribution in [0.4, 0.5) is 18.9 Å². The Hall–Kier alpha value is -2.25. The van der Waals surface area contributed by atoms with Crippen LogP contribution in [0.25, 0.3) is 0 Å². The molecule has 8 heteroatoms. The molecule has 154 valence electrons. The fourth-order valence-corrected chi connectivity index (χ4v) is 3.90. The minimum Gasteiger partial charge on any atom is -0.484 e. The zero-order valence-electron chi connectivity index (χ0n) is 15.9. The molecule has 1 aromatic rings. The number of halogens is 3. The molecule has 1 aromatic carbocycles. The van der Waals surface area contributed by atoms with E-state index in [1.807, 2.05) is 6.07 Å². The summed E-state index contributed by atoms with van der Waals surface area (Å²) in [5.74, 6) is -0.972. The van der Waals surface area contributed by atoms with Gasteiger partial charge in [0, 0.05) is 37.8 Å². The summed E-state index contributed by atoms with van der Waals surface area (Å²) in [6.45, 7) is 0.484. The van der Waals surface area contributed by atoms with Gasteiger partial charge in [-0.15, -0.1) is 0 Å². The molecule has 1 aliphatic heterocycles. The Kier molecular flexibility index (Phi) is 6.15. The van der Waals surface area contributed by atoms with Crippen molar-refractivity contribution in [3.05, 3.63) is 24.3 Å². The van der Waals surface area contributed by atoms with Crippen molar-refractivity contribution < 1.29 is 27.5 Å². The van der Waals surface area contributed by atoms with Crippen molar-refractivity contribution in [2.45, 2.75) is 50.7 Å². The first-order chi connectivity index (χ1) is 13.3. The van der Waals surface area contributed by atoms with Gasteiger partial charge >= 0.3 is 6.18 Å². The van der Waals surface area contributed by atoms with Gasteiger partial charge < -0.3 is 14.5 Å².